The molecule has 3 aliphatic heterocycles. The second-order valence-electron chi connectivity index (χ2n) is 7.80. The third kappa shape index (κ3) is 3.51. The molecule has 1 amide bonds. The van der Waals surface area contributed by atoms with Gasteiger partial charge in [-0.05, 0) is 29.8 Å². The first-order valence-corrected chi connectivity index (χ1v) is 11.5. The van der Waals surface area contributed by atoms with E-state index in [0.717, 1.165) is 16.8 Å². The molecule has 0 saturated carbocycles. The fourth-order valence-electron chi connectivity index (χ4n) is 4.21. The number of fused-ring (bicyclic) bond motifs is 4. The fourth-order valence-corrected chi connectivity index (χ4v) is 5.17. The van der Waals surface area contributed by atoms with Gasteiger partial charge in [-0.3, -0.25) is 4.79 Å². The molecule has 0 spiro atoms. The van der Waals surface area contributed by atoms with E-state index in [9.17, 15) is 9.18 Å². The molecular formula is C25H18FN3O3S. The molecule has 1 atom stereocenters. The Morgan fingerprint density at radius 3 is 2.79 bits per heavy atom. The number of aliphatic imine (C=N–C) groups is 2. The molecule has 6 nitrogen and oxygen atoms in total. The molecular weight excluding hydrogens is 441 g/mol. The van der Waals surface area contributed by atoms with Crippen LogP contribution in [0.4, 0.5) is 10.1 Å². The lowest BCUT2D eigenvalue weighted by molar-refractivity contribution is -0.124. The molecule has 1 unspecified atom stereocenters. The number of ether oxygens (including phenoxy) is 2. The topological polar surface area (TPSA) is 63.5 Å². The van der Waals surface area contributed by atoms with Crippen molar-refractivity contribution < 1.29 is 18.7 Å². The Hall–Kier alpha value is -3.49. The normalized spacial score (nSPS) is 18.6. The quantitative estimate of drug-likeness (QED) is 0.556. The molecule has 3 heterocycles. The molecule has 0 N–H and O–H groups in total. The minimum atomic E-state index is -0.624. The highest BCUT2D eigenvalue weighted by Crippen LogP contribution is 2.39. The van der Waals surface area contributed by atoms with Gasteiger partial charge >= 0.3 is 0 Å². The van der Waals surface area contributed by atoms with Gasteiger partial charge in [-0.15, -0.1) is 0 Å². The van der Waals surface area contributed by atoms with E-state index in [2.05, 4.69) is 0 Å². The Balaban J connectivity index is 1.36. The SMILES string of the molecule is O=C1C(c2ccccc2)N=C2c3ccccc3N=C(SCc3cc(F)cc4c3OCOC4)N12. The van der Waals surface area contributed by atoms with Crippen LogP contribution in [0.15, 0.2) is 76.7 Å². The van der Waals surface area contributed by atoms with E-state index in [1.54, 1.807) is 4.90 Å². The highest BCUT2D eigenvalue weighted by molar-refractivity contribution is 8.13. The Morgan fingerprint density at radius 2 is 1.91 bits per heavy atom. The summed E-state index contributed by atoms with van der Waals surface area (Å²) in [6, 6.07) is 19.4. The van der Waals surface area contributed by atoms with Gasteiger partial charge in [0.1, 0.15) is 17.4 Å². The number of halogens is 1. The summed E-state index contributed by atoms with van der Waals surface area (Å²) in [5.41, 5.74) is 3.78. The number of rotatable bonds is 3. The number of para-hydroxylation sites is 1. The van der Waals surface area contributed by atoms with Crippen LogP contribution in [0.3, 0.4) is 0 Å². The van der Waals surface area contributed by atoms with Crippen LogP contribution in [-0.2, 0) is 21.9 Å². The van der Waals surface area contributed by atoms with Gasteiger partial charge in [0.25, 0.3) is 5.91 Å². The number of thioether (sulfide) groups is 1. The van der Waals surface area contributed by atoms with E-state index in [4.69, 9.17) is 19.5 Å². The second kappa shape index (κ2) is 8.13. The Bertz CT molecular complexity index is 1330. The summed E-state index contributed by atoms with van der Waals surface area (Å²) in [6.45, 7) is 0.435. The molecule has 0 saturated heterocycles. The highest BCUT2D eigenvalue weighted by atomic mass is 32.2. The van der Waals surface area contributed by atoms with Crippen LogP contribution >= 0.6 is 11.8 Å². The molecule has 0 radical (unpaired) electrons. The van der Waals surface area contributed by atoms with Crippen LogP contribution in [0.1, 0.15) is 28.3 Å². The average Bonchev–Trinajstić information content (AvgIpc) is 3.20. The van der Waals surface area contributed by atoms with Crippen molar-refractivity contribution in [2.24, 2.45) is 9.98 Å². The van der Waals surface area contributed by atoms with Crippen molar-refractivity contribution in [2.45, 2.75) is 18.4 Å². The Kier molecular flexibility index (Phi) is 4.96. The molecule has 6 rings (SSSR count). The van der Waals surface area contributed by atoms with E-state index in [1.165, 1.54) is 23.9 Å². The van der Waals surface area contributed by atoms with Crippen molar-refractivity contribution in [3.05, 3.63) is 94.8 Å². The summed E-state index contributed by atoms with van der Waals surface area (Å²) in [4.78, 5) is 24.6. The lowest BCUT2D eigenvalue weighted by Gasteiger charge is -2.26. The summed E-state index contributed by atoms with van der Waals surface area (Å²) in [5.74, 6) is 1.11. The molecule has 3 aromatic rings. The number of amidine groups is 2. The maximum atomic E-state index is 14.2. The van der Waals surface area contributed by atoms with E-state index >= 15 is 0 Å². The van der Waals surface area contributed by atoms with Gasteiger partial charge in [-0.2, -0.15) is 0 Å². The van der Waals surface area contributed by atoms with Crippen molar-refractivity contribution >= 4 is 34.4 Å². The maximum absolute atomic E-state index is 14.2. The van der Waals surface area contributed by atoms with E-state index in [1.807, 2.05) is 54.6 Å². The van der Waals surface area contributed by atoms with Gasteiger partial charge in [-0.1, -0.05) is 54.2 Å². The molecule has 0 fully saturated rings. The molecule has 3 aromatic carbocycles. The predicted molar refractivity (Wildman–Crippen MR) is 124 cm³/mol. The number of hydrogen-bond acceptors (Lipinski definition) is 6. The third-order valence-corrected chi connectivity index (χ3v) is 6.68. The summed E-state index contributed by atoms with van der Waals surface area (Å²) < 4.78 is 25.1. The molecule has 0 aromatic heterocycles. The van der Waals surface area contributed by atoms with E-state index < -0.39 is 6.04 Å². The van der Waals surface area contributed by atoms with Crippen molar-refractivity contribution in [2.75, 3.05) is 6.79 Å². The van der Waals surface area contributed by atoms with Crippen LogP contribution < -0.4 is 4.74 Å². The molecule has 164 valence electrons. The maximum Gasteiger partial charge on any atom is 0.263 e. The number of amides is 1. The monoisotopic (exact) mass is 459 g/mol. The largest absolute Gasteiger partial charge is 0.467 e. The van der Waals surface area contributed by atoms with Crippen LogP contribution in [-0.4, -0.2) is 28.6 Å². The van der Waals surface area contributed by atoms with Gasteiger partial charge in [0.05, 0.1) is 12.3 Å². The number of carbonyl (C=O) groups excluding carboxylic acids is 1. The minimum Gasteiger partial charge on any atom is -0.467 e. The molecule has 33 heavy (non-hydrogen) atoms. The zero-order chi connectivity index (χ0) is 22.4. The van der Waals surface area contributed by atoms with Gasteiger partial charge in [0.15, 0.2) is 18.0 Å². The van der Waals surface area contributed by atoms with E-state index in [0.29, 0.717) is 40.2 Å². The standard InChI is InChI=1S/C25H18FN3O3S/c26-18-10-16-12-31-14-32-22(16)17(11-18)13-33-25-27-20-9-5-4-8-19(20)23-28-21(24(30)29(23)25)15-6-2-1-3-7-15/h1-11,21H,12-14H2. The number of carbonyl (C=O) groups is 1. The van der Waals surface area contributed by atoms with Crippen LogP contribution in [0, 0.1) is 5.82 Å². The zero-order valence-electron chi connectivity index (χ0n) is 17.4. The third-order valence-electron chi connectivity index (χ3n) is 5.69. The minimum absolute atomic E-state index is 0.130. The Labute approximate surface area is 193 Å². The van der Waals surface area contributed by atoms with Gasteiger partial charge in [-0.25, -0.2) is 19.3 Å². The fraction of sp³-hybridized carbons (Fsp3) is 0.160. The first kappa shape index (κ1) is 20.1. The van der Waals surface area contributed by atoms with Gasteiger partial charge in [0, 0.05) is 22.4 Å². The van der Waals surface area contributed by atoms with Gasteiger partial charge < -0.3 is 9.47 Å². The zero-order valence-corrected chi connectivity index (χ0v) is 18.2. The number of hydrogen-bond donors (Lipinski definition) is 0. The van der Waals surface area contributed by atoms with Crippen molar-refractivity contribution in [1.82, 2.24) is 4.90 Å². The smallest absolute Gasteiger partial charge is 0.263 e. The molecule has 3 aliphatic rings. The van der Waals surface area contributed by atoms with Gasteiger partial charge in [0.2, 0.25) is 0 Å². The van der Waals surface area contributed by atoms with Crippen molar-refractivity contribution in [1.29, 1.82) is 0 Å². The number of nitrogens with zero attached hydrogens (tertiary/aromatic N) is 3. The average molecular weight is 460 g/mol. The summed E-state index contributed by atoms with van der Waals surface area (Å²) in [6.07, 6.45) is 0. The lowest BCUT2D eigenvalue weighted by atomic mass is 10.1. The summed E-state index contributed by atoms with van der Waals surface area (Å²) in [7, 11) is 0. The molecule has 0 aliphatic carbocycles. The second-order valence-corrected chi connectivity index (χ2v) is 8.75. The van der Waals surface area contributed by atoms with Crippen LogP contribution in [0.2, 0.25) is 0 Å². The first-order chi connectivity index (χ1) is 16.2. The Morgan fingerprint density at radius 1 is 1.09 bits per heavy atom. The van der Waals surface area contributed by atoms with Crippen molar-refractivity contribution in [3.8, 4) is 5.75 Å². The first-order valence-electron chi connectivity index (χ1n) is 10.5. The number of benzene rings is 3. The van der Waals surface area contributed by atoms with Crippen LogP contribution in [0.25, 0.3) is 0 Å². The van der Waals surface area contributed by atoms with E-state index in [-0.39, 0.29) is 18.5 Å². The van der Waals surface area contributed by atoms with Crippen molar-refractivity contribution in [3.63, 3.8) is 0 Å². The predicted octanol–water partition coefficient (Wildman–Crippen LogP) is 4.96. The highest BCUT2D eigenvalue weighted by Gasteiger charge is 2.42. The molecule has 0 bridgehead atoms. The summed E-state index contributed by atoms with van der Waals surface area (Å²) >= 11 is 1.36. The summed E-state index contributed by atoms with van der Waals surface area (Å²) in [5, 5.41) is 0.515. The molecule has 8 heteroatoms. The lowest BCUT2D eigenvalue weighted by Crippen LogP contribution is -2.39. The van der Waals surface area contributed by atoms with Crippen LogP contribution in [0.5, 0.6) is 5.75 Å².